The van der Waals surface area contributed by atoms with Crippen LogP contribution in [0.25, 0.3) is 0 Å². The SMILES string of the molecule is Cl.Cl.NCCC1CCCN(C(=O)c2ccc(Cl)cn2)C1. The fraction of sp³-hybridized carbons (Fsp3) is 0.538. The molecule has 4 nitrogen and oxygen atoms in total. The summed E-state index contributed by atoms with van der Waals surface area (Å²) in [7, 11) is 0. The van der Waals surface area contributed by atoms with Crippen LogP contribution in [0.15, 0.2) is 18.3 Å². The molecule has 2 rings (SSSR count). The first-order valence-electron chi connectivity index (χ1n) is 6.31. The van der Waals surface area contributed by atoms with Crippen LogP contribution < -0.4 is 5.73 Å². The number of rotatable bonds is 3. The Kier molecular flexibility index (Phi) is 9.14. The molecule has 0 saturated carbocycles. The van der Waals surface area contributed by atoms with E-state index in [1.807, 2.05) is 4.90 Å². The van der Waals surface area contributed by atoms with Crippen molar-refractivity contribution in [1.29, 1.82) is 0 Å². The van der Waals surface area contributed by atoms with Crippen molar-refractivity contribution in [3.8, 4) is 0 Å². The second kappa shape index (κ2) is 9.40. The van der Waals surface area contributed by atoms with Crippen LogP contribution in [-0.2, 0) is 0 Å². The number of carbonyl (C=O) groups is 1. The Morgan fingerprint density at radius 3 is 2.80 bits per heavy atom. The zero-order chi connectivity index (χ0) is 13.0. The van der Waals surface area contributed by atoms with Crippen LogP contribution in [0.3, 0.4) is 0 Å². The zero-order valence-corrected chi connectivity index (χ0v) is 13.5. The number of aromatic nitrogens is 1. The molecule has 0 bridgehead atoms. The second-order valence-corrected chi connectivity index (χ2v) is 5.13. The molecule has 2 N–H and O–H groups in total. The predicted octanol–water partition coefficient (Wildman–Crippen LogP) is 2.78. The van der Waals surface area contributed by atoms with Crippen LogP contribution >= 0.6 is 36.4 Å². The Labute approximate surface area is 136 Å². The predicted molar refractivity (Wildman–Crippen MR) is 86.0 cm³/mol. The molecule has 1 atom stereocenters. The van der Waals surface area contributed by atoms with E-state index in [1.54, 1.807) is 12.1 Å². The molecule has 1 unspecified atom stereocenters. The minimum Gasteiger partial charge on any atom is -0.337 e. The van der Waals surface area contributed by atoms with Gasteiger partial charge in [0.25, 0.3) is 5.91 Å². The number of pyridine rings is 1. The Balaban J connectivity index is 0.00000180. The molecule has 0 radical (unpaired) electrons. The topological polar surface area (TPSA) is 59.2 Å². The molecule has 0 aromatic carbocycles. The number of piperidine rings is 1. The van der Waals surface area contributed by atoms with Gasteiger partial charge in [-0.2, -0.15) is 0 Å². The van der Waals surface area contributed by atoms with Crippen molar-refractivity contribution in [1.82, 2.24) is 9.88 Å². The van der Waals surface area contributed by atoms with Gasteiger partial charge in [-0.15, -0.1) is 24.8 Å². The first-order valence-corrected chi connectivity index (χ1v) is 6.69. The molecule has 114 valence electrons. The molecule has 1 aromatic heterocycles. The van der Waals surface area contributed by atoms with Gasteiger partial charge in [0, 0.05) is 19.3 Å². The maximum absolute atomic E-state index is 12.2. The lowest BCUT2D eigenvalue weighted by Gasteiger charge is -2.32. The van der Waals surface area contributed by atoms with E-state index in [9.17, 15) is 4.79 Å². The van der Waals surface area contributed by atoms with Crippen LogP contribution in [0.2, 0.25) is 5.02 Å². The standard InChI is InChI=1S/C13H18ClN3O.2ClH/c14-11-3-4-12(16-8-11)13(18)17-7-1-2-10(9-17)5-6-15;;/h3-4,8,10H,1-2,5-7,9,15H2;2*1H. The largest absolute Gasteiger partial charge is 0.337 e. The molecule has 1 saturated heterocycles. The summed E-state index contributed by atoms with van der Waals surface area (Å²) >= 11 is 5.77. The molecule has 7 heteroatoms. The molecular formula is C13H20Cl3N3O. The smallest absolute Gasteiger partial charge is 0.272 e. The van der Waals surface area contributed by atoms with Crippen LogP contribution in [0, 0.1) is 5.92 Å². The summed E-state index contributed by atoms with van der Waals surface area (Å²) < 4.78 is 0. The first-order chi connectivity index (χ1) is 8.70. The molecular weight excluding hydrogens is 321 g/mol. The lowest BCUT2D eigenvalue weighted by molar-refractivity contribution is 0.0663. The normalized spacial score (nSPS) is 17.9. The molecule has 1 amide bonds. The third kappa shape index (κ3) is 5.09. The van der Waals surface area contributed by atoms with E-state index in [0.29, 0.717) is 23.2 Å². The average molecular weight is 341 g/mol. The number of amides is 1. The summed E-state index contributed by atoms with van der Waals surface area (Å²) in [6, 6.07) is 3.38. The lowest BCUT2D eigenvalue weighted by atomic mass is 9.94. The fourth-order valence-electron chi connectivity index (χ4n) is 2.39. The van der Waals surface area contributed by atoms with Gasteiger partial charge < -0.3 is 10.6 Å². The van der Waals surface area contributed by atoms with Crippen LogP contribution in [0.5, 0.6) is 0 Å². The Bertz CT molecular complexity index is 412. The van der Waals surface area contributed by atoms with Gasteiger partial charge >= 0.3 is 0 Å². The number of hydrogen-bond donors (Lipinski definition) is 1. The number of hydrogen-bond acceptors (Lipinski definition) is 3. The zero-order valence-electron chi connectivity index (χ0n) is 11.1. The molecule has 1 fully saturated rings. The Hall–Kier alpha value is -0.550. The van der Waals surface area contributed by atoms with Crippen molar-refractivity contribution >= 4 is 42.3 Å². The molecule has 20 heavy (non-hydrogen) atoms. The molecule has 1 aliphatic rings. The highest BCUT2D eigenvalue weighted by atomic mass is 35.5. The monoisotopic (exact) mass is 339 g/mol. The Morgan fingerprint density at radius 2 is 2.20 bits per heavy atom. The maximum atomic E-state index is 12.2. The molecule has 1 aromatic rings. The lowest BCUT2D eigenvalue weighted by Crippen LogP contribution is -2.40. The number of carbonyl (C=O) groups excluding carboxylic acids is 1. The van der Waals surface area contributed by atoms with Crippen molar-refractivity contribution in [2.45, 2.75) is 19.3 Å². The molecule has 1 aliphatic heterocycles. The van der Waals surface area contributed by atoms with Crippen molar-refractivity contribution in [3.63, 3.8) is 0 Å². The van der Waals surface area contributed by atoms with E-state index < -0.39 is 0 Å². The summed E-state index contributed by atoms with van der Waals surface area (Å²) in [4.78, 5) is 18.2. The van der Waals surface area contributed by atoms with Crippen LogP contribution in [-0.4, -0.2) is 35.4 Å². The summed E-state index contributed by atoms with van der Waals surface area (Å²) in [6.07, 6.45) is 4.70. The summed E-state index contributed by atoms with van der Waals surface area (Å²) in [6.45, 7) is 2.29. The van der Waals surface area contributed by atoms with E-state index in [0.717, 1.165) is 32.4 Å². The highest BCUT2D eigenvalue weighted by molar-refractivity contribution is 6.30. The molecule has 0 aliphatic carbocycles. The van der Waals surface area contributed by atoms with E-state index in [-0.39, 0.29) is 30.7 Å². The van der Waals surface area contributed by atoms with Gasteiger partial charge in [-0.3, -0.25) is 4.79 Å². The minimum absolute atomic E-state index is 0. The third-order valence-electron chi connectivity index (χ3n) is 3.33. The molecule has 0 spiro atoms. The van der Waals surface area contributed by atoms with Crippen LogP contribution in [0.1, 0.15) is 29.8 Å². The fourth-order valence-corrected chi connectivity index (χ4v) is 2.50. The summed E-state index contributed by atoms with van der Waals surface area (Å²) in [5, 5.41) is 0.547. The quantitative estimate of drug-likeness (QED) is 0.920. The van der Waals surface area contributed by atoms with Gasteiger partial charge in [0.1, 0.15) is 5.69 Å². The number of likely N-dealkylation sites (tertiary alicyclic amines) is 1. The van der Waals surface area contributed by atoms with Gasteiger partial charge in [0.2, 0.25) is 0 Å². The van der Waals surface area contributed by atoms with Gasteiger partial charge in [-0.25, -0.2) is 4.98 Å². The van der Waals surface area contributed by atoms with E-state index in [4.69, 9.17) is 17.3 Å². The van der Waals surface area contributed by atoms with Crippen molar-refractivity contribution in [2.24, 2.45) is 11.7 Å². The number of nitrogens with zero attached hydrogens (tertiary/aromatic N) is 2. The van der Waals surface area contributed by atoms with Gasteiger partial charge in [0.05, 0.1) is 5.02 Å². The summed E-state index contributed by atoms with van der Waals surface area (Å²) in [5.41, 5.74) is 6.04. The van der Waals surface area contributed by atoms with Crippen molar-refractivity contribution < 1.29 is 4.79 Å². The van der Waals surface area contributed by atoms with E-state index in [2.05, 4.69) is 4.98 Å². The molecule has 2 heterocycles. The van der Waals surface area contributed by atoms with E-state index in [1.165, 1.54) is 6.20 Å². The van der Waals surface area contributed by atoms with Gasteiger partial charge in [-0.05, 0) is 43.9 Å². The number of nitrogens with two attached hydrogens (primary N) is 1. The van der Waals surface area contributed by atoms with Gasteiger partial charge in [0.15, 0.2) is 0 Å². The second-order valence-electron chi connectivity index (χ2n) is 4.70. The third-order valence-corrected chi connectivity index (χ3v) is 3.55. The highest BCUT2D eigenvalue weighted by Gasteiger charge is 2.24. The van der Waals surface area contributed by atoms with Crippen molar-refractivity contribution in [3.05, 3.63) is 29.0 Å². The average Bonchev–Trinajstić information content (AvgIpc) is 2.39. The first kappa shape index (κ1) is 19.4. The van der Waals surface area contributed by atoms with Gasteiger partial charge in [-0.1, -0.05) is 11.6 Å². The van der Waals surface area contributed by atoms with Crippen molar-refractivity contribution in [2.75, 3.05) is 19.6 Å². The van der Waals surface area contributed by atoms with E-state index >= 15 is 0 Å². The summed E-state index contributed by atoms with van der Waals surface area (Å²) in [5.74, 6) is 0.522. The highest BCUT2D eigenvalue weighted by Crippen LogP contribution is 2.20. The Morgan fingerprint density at radius 1 is 1.45 bits per heavy atom. The number of halogens is 3. The maximum Gasteiger partial charge on any atom is 0.272 e. The minimum atomic E-state index is -0.00612. The van der Waals surface area contributed by atoms with Crippen LogP contribution in [0.4, 0.5) is 0 Å².